The predicted octanol–water partition coefficient (Wildman–Crippen LogP) is 3.13. The summed E-state index contributed by atoms with van der Waals surface area (Å²) in [7, 11) is 2.17. The van der Waals surface area contributed by atoms with Crippen LogP contribution in [0.2, 0.25) is 0 Å². The van der Waals surface area contributed by atoms with E-state index < -0.39 is 0 Å². The van der Waals surface area contributed by atoms with E-state index in [2.05, 4.69) is 56.6 Å². The lowest BCUT2D eigenvalue weighted by Crippen LogP contribution is -2.22. The number of pyridine rings is 1. The van der Waals surface area contributed by atoms with Gasteiger partial charge < -0.3 is 9.80 Å². The molecule has 0 saturated carbocycles. The quantitative estimate of drug-likeness (QED) is 0.656. The maximum atomic E-state index is 4.87. The van der Waals surface area contributed by atoms with Gasteiger partial charge in [-0.05, 0) is 45.0 Å². The van der Waals surface area contributed by atoms with E-state index in [4.69, 9.17) is 5.10 Å². The molecular formula is C20H26N6S. The smallest absolute Gasteiger partial charge is 0.0797 e. The largest absolute Gasteiger partial charge is 0.365 e. The highest BCUT2D eigenvalue weighted by molar-refractivity contribution is 7.09. The van der Waals surface area contributed by atoms with E-state index in [1.807, 2.05) is 17.9 Å². The second kappa shape index (κ2) is 8.19. The number of thiazole rings is 1. The summed E-state index contributed by atoms with van der Waals surface area (Å²) >= 11 is 1.75. The number of likely N-dealkylation sites (N-methyl/N-ethyl adjacent to an activating group) is 1. The lowest BCUT2D eigenvalue weighted by atomic mass is 10.2. The van der Waals surface area contributed by atoms with Gasteiger partial charge in [0, 0.05) is 49.1 Å². The fraction of sp³-hybridized carbons (Fsp3) is 0.450. The van der Waals surface area contributed by atoms with Crippen molar-refractivity contribution in [2.24, 2.45) is 0 Å². The topological polar surface area (TPSA) is 50.1 Å². The van der Waals surface area contributed by atoms with Crippen LogP contribution in [0.5, 0.6) is 0 Å². The molecule has 0 saturated heterocycles. The van der Waals surface area contributed by atoms with Gasteiger partial charge in [-0.15, -0.1) is 11.3 Å². The first kappa shape index (κ1) is 18.1. The SMILES string of the molecule is Cc1ncsc1CCN(C)Cc1cc2n(n1)CCCN(c1ccncc1)C2. The molecule has 4 heterocycles. The highest BCUT2D eigenvalue weighted by atomic mass is 32.1. The molecule has 0 spiro atoms. The lowest BCUT2D eigenvalue weighted by molar-refractivity contribution is 0.326. The Balaban J connectivity index is 1.39. The number of hydrogen-bond donors (Lipinski definition) is 0. The Kier molecular flexibility index (Phi) is 5.50. The van der Waals surface area contributed by atoms with Gasteiger partial charge in [0.15, 0.2) is 0 Å². The number of fused-ring (bicyclic) bond motifs is 1. The summed E-state index contributed by atoms with van der Waals surface area (Å²) in [5, 5.41) is 4.87. The van der Waals surface area contributed by atoms with E-state index in [0.717, 1.165) is 51.3 Å². The summed E-state index contributed by atoms with van der Waals surface area (Å²) in [6, 6.07) is 6.44. The van der Waals surface area contributed by atoms with Crippen LogP contribution < -0.4 is 4.90 Å². The fourth-order valence-corrected chi connectivity index (χ4v) is 4.36. The molecule has 1 aliphatic heterocycles. The normalized spacial score (nSPS) is 14.4. The van der Waals surface area contributed by atoms with Gasteiger partial charge >= 0.3 is 0 Å². The van der Waals surface area contributed by atoms with Crippen LogP contribution in [0.25, 0.3) is 0 Å². The van der Waals surface area contributed by atoms with Gasteiger partial charge in [0.25, 0.3) is 0 Å². The highest BCUT2D eigenvalue weighted by Gasteiger charge is 2.17. The molecule has 27 heavy (non-hydrogen) atoms. The minimum Gasteiger partial charge on any atom is -0.365 e. The third kappa shape index (κ3) is 4.36. The summed E-state index contributed by atoms with van der Waals surface area (Å²) < 4.78 is 2.19. The maximum Gasteiger partial charge on any atom is 0.0797 e. The van der Waals surface area contributed by atoms with E-state index in [-0.39, 0.29) is 0 Å². The van der Waals surface area contributed by atoms with Crippen molar-refractivity contribution in [2.45, 2.75) is 39.4 Å². The molecule has 0 atom stereocenters. The van der Waals surface area contributed by atoms with Gasteiger partial charge in [0.2, 0.25) is 0 Å². The zero-order valence-corrected chi connectivity index (χ0v) is 16.8. The third-order valence-electron chi connectivity index (χ3n) is 5.09. The van der Waals surface area contributed by atoms with Crippen LogP contribution in [0, 0.1) is 6.92 Å². The van der Waals surface area contributed by atoms with Gasteiger partial charge in [-0.2, -0.15) is 5.10 Å². The molecule has 142 valence electrons. The third-order valence-corrected chi connectivity index (χ3v) is 6.08. The first-order chi connectivity index (χ1) is 13.2. The molecule has 7 heteroatoms. The fourth-order valence-electron chi connectivity index (χ4n) is 3.59. The van der Waals surface area contributed by atoms with Crippen LogP contribution in [0.4, 0.5) is 5.69 Å². The molecule has 0 amide bonds. The first-order valence-corrected chi connectivity index (χ1v) is 10.3. The van der Waals surface area contributed by atoms with E-state index in [1.54, 1.807) is 11.3 Å². The van der Waals surface area contributed by atoms with Gasteiger partial charge in [-0.1, -0.05) is 0 Å². The van der Waals surface area contributed by atoms with Crippen LogP contribution in [0.15, 0.2) is 36.1 Å². The van der Waals surface area contributed by atoms with Crippen molar-refractivity contribution in [1.29, 1.82) is 0 Å². The molecule has 0 aliphatic carbocycles. The average molecular weight is 383 g/mol. The zero-order chi connectivity index (χ0) is 18.6. The van der Waals surface area contributed by atoms with Crippen LogP contribution in [-0.4, -0.2) is 44.8 Å². The van der Waals surface area contributed by atoms with Crippen molar-refractivity contribution in [3.8, 4) is 0 Å². The molecule has 6 nitrogen and oxygen atoms in total. The van der Waals surface area contributed by atoms with Crippen LogP contribution in [0.3, 0.4) is 0 Å². The van der Waals surface area contributed by atoms with Gasteiger partial charge in [-0.3, -0.25) is 9.67 Å². The van der Waals surface area contributed by atoms with E-state index in [9.17, 15) is 0 Å². The molecule has 1 aliphatic rings. The van der Waals surface area contributed by atoms with Crippen LogP contribution in [-0.2, 0) is 26.1 Å². The molecule has 0 fully saturated rings. The Morgan fingerprint density at radius 3 is 2.85 bits per heavy atom. The Bertz CT molecular complexity index is 872. The minimum atomic E-state index is 0.882. The zero-order valence-electron chi connectivity index (χ0n) is 16.0. The lowest BCUT2D eigenvalue weighted by Gasteiger charge is -2.21. The second-order valence-electron chi connectivity index (χ2n) is 7.18. The van der Waals surface area contributed by atoms with Gasteiger partial charge in [0.05, 0.1) is 29.1 Å². The number of hydrogen-bond acceptors (Lipinski definition) is 6. The average Bonchev–Trinajstić information content (AvgIpc) is 3.20. The molecule has 3 aromatic heterocycles. The highest BCUT2D eigenvalue weighted by Crippen LogP contribution is 2.21. The number of nitrogens with zero attached hydrogens (tertiary/aromatic N) is 6. The predicted molar refractivity (Wildman–Crippen MR) is 109 cm³/mol. The number of aromatic nitrogens is 4. The van der Waals surface area contributed by atoms with Crippen molar-refractivity contribution in [2.75, 3.05) is 25.0 Å². The van der Waals surface area contributed by atoms with Crippen molar-refractivity contribution >= 4 is 17.0 Å². The van der Waals surface area contributed by atoms with Crippen molar-refractivity contribution in [1.82, 2.24) is 24.6 Å². The Morgan fingerprint density at radius 2 is 2.07 bits per heavy atom. The molecule has 3 aromatic rings. The van der Waals surface area contributed by atoms with Crippen LogP contribution >= 0.6 is 11.3 Å². The minimum absolute atomic E-state index is 0.882. The second-order valence-corrected chi connectivity index (χ2v) is 8.12. The Morgan fingerprint density at radius 1 is 1.22 bits per heavy atom. The molecule has 0 N–H and O–H groups in total. The standard InChI is InChI=1S/C20H26N6S/c1-16-20(27-15-22-16)6-11-24(2)13-17-12-19-14-25(9-3-10-26(19)23-17)18-4-7-21-8-5-18/h4-5,7-8,12,15H,3,6,9-11,13-14H2,1-2H3. The van der Waals surface area contributed by atoms with E-state index in [0.29, 0.717) is 0 Å². The molecule has 0 bridgehead atoms. The van der Waals surface area contributed by atoms with Crippen molar-refractivity contribution in [3.63, 3.8) is 0 Å². The monoisotopic (exact) mass is 382 g/mol. The van der Waals surface area contributed by atoms with Gasteiger partial charge in [-0.25, -0.2) is 4.98 Å². The van der Waals surface area contributed by atoms with E-state index in [1.165, 1.54) is 22.0 Å². The Hall–Kier alpha value is -2.25. The molecular weight excluding hydrogens is 356 g/mol. The maximum absolute atomic E-state index is 4.87. The molecule has 0 unspecified atom stereocenters. The van der Waals surface area contributed by atoms with Crippen LogP contribution in [0.1, 0.15) is 28.4 Å². The summed E-state index contributed by atoms with van der Waals surface area (Å²) in [6.45, 7) is 6.94. The molecule has 4 rings (SSSR count). The molecule has 0 aromatic carbocycles. The van der Waals surface area contributed by atoms with Gasteiger partial charge in [0.1, 0.15) is 0 Å². The number of aryl methyl sites for hydroxylation is 2. The summed E-state index contributed by atoms with van der Waals surface area (Å²) in [4.78, 5) is 14.6. The van der Waals surface area contributed by atoms with Crippen molar-refractivity contribution in [3.05, 3.63) is 58.1 Å². The first-order valence-electron chi connectivity index (χ1n) is 9.47. The van der Waals surface area contributed by atoms with Crippen molar-refractivity contribution < 1.29 is 0 Å². The summed E-state index contributed by atoms with van der Waals surface area (Å²) in [6.07, 6.45) is 5.89. The summed E-state index contributed by atoms with van der Waals surface area (Å²) in [5.41, 5.74) is 6.79. The summed E-state index contributed by atoms with van der Waals surface area (Å²) in [5.74, 6) is 0. The number of anilines is 1. The Labute approximate surface area is 164 Å². The number of rotatable bonds is 6. The molecule has 0 radical (unpaired) electrons. The van der Waals surface area contributed by atoms with E-state index >= 15 is 0 Å².